The lowest BCUT2D eigenvalue weighted by Gasteiger charge is -2.06. The van der Waals surface area contributed by atoms with Crippen LogP contribution in [0.5, 0.6) is 0 Å². The zero-order valence-electron chi connectivity index (χ0n) is 9.64. The van der Waals surface area contributed by atoms with Crippen LogP contribution in [0.25, 0.3) is 0 Å². The summed E-state index contributed by atoms with van der Waals surface area (Å²) < 4.78 is 1.60. The van der Waals surface area contributed by atoms with E-state index in [-0.39, 0.29) is 11.7 Å². The highest BCUT2D eigenvalue weighted by Gasteiger charge is 2.12. The van der Waals surface area contributed by atoms with Gasteiger partial charge in [0.2, 0.25) is 0 Å². The lowest BCUT2D eigenvalue weighted by Crippen LogP contribution is -2.16. The first-order valence-corrected chi connectivity index (χ1v) is 5.10. The Balaban J connectivity index is 2.23. The number of carbonyl (C=O) groups is 1. The number of anilines is 2. The Bertz CT molecular complexity index is 561. The number of rotatable bonds is 2. The number of pyridine rings is 1. The Morgan fingerprint density at radius 2 is 2.29 bits per heavy atom. The van der Waals surface area contributed by atoms with Gasteiger partial charge >= 0.3 is 0 Å². The highest BCUT2D eigenvalue weighted by atomic mass is 16.1. The molecular weight excluding hydrogens is 218 g/mol. The second-order valence-electron chi connectivity index (χ2n) is 3.68. The van der Waals surface area contributed by atoms with Crippen molar-refractivity contribution in [3.63, 3.8) is 0 Å². The molecule has 6 heteroatoms. The molecule has 0 aliphatic rings. The molecule has 0 aromatic carbocycles. The van der Waals surface area contributed by atoms with Gasteiger partial charge in [-0.05, 0) is 19.1 Å². The summed E-state index contributed by atoms with van der Waals surface area (Å²) in [6.45, 7) is 1.86. The number of carbonyl (C=O) groups excluding carboxylic acids is 1. The first-order chi connectivity index (χ1) is 8.08. The summed E-state index contributed by atoms with van der Waals surface area (Å²) in [7, 11) is 1.76. The van der Waals surface area contributed by atoms with Gasteiger partial charge in [0.1, 0.15) is 11.6 Å². The molecule has 0 aliphatic heterocycles. The highest BCUT2D eigenvalue weighted by Crippen LogP contribution is 2.12. The third-order valence-electron chi connectivity index (χ3n) is 2.33. The minimum absolute atomic E-state index is 0.212. The van der Waals surface area contributed by atoms with Crippen LogP contribution in [-0.2, 0) is 7.05 Å². The summed E-state index contributed by atoms with van der Waals surface area (Å²) in [6, 6.07) is 5.07. The Morgan fingerprint density at radius 3 is 2.88 bits per heavy atom. The third kappa shape index (κ3) is 2.25. The Labute approximate surface area is 98.5 Å². The van der Waals surface area contributed by atoms with Crippen molar-refractivity contribution < 1.29 is 4.79 Å². The van der Waals surface area contributed by atoms with Crippen molar-refractivity contribution >= 4 is 17.5 Å². The number of aromatic nitrogens is 3. The van der Waals surface area contributed by atoms with E-state index in [0.717, 1.165) is 5.69 Å². The molecule has 3 N–H and O–H groups in total. The summed E-state index contributed by atoms with van der Waals surface area (Å²) >= 11 is 0. The van der Waals surface area contributed by atoms with Gasteiger partial charge in [0.05, 0.1) is 11.3 Å². The molecule has 0 saturated heterocycles. The van der Waals surface area contributed by atoms with Crippen LogP contribution in [0.4, 0.5) is 11.6 Å². The monoisotopic (exact) mass is 231 g/mol. The summed E-state index contributed by atoms with van der Waals surface area (Å²) in [5.74, 6) is 0.540. The van der Waals surface area contributed by atoms with Crippen molar-refractivity contribution in [2.24, 2.45) is 7.05 Å². The van der Waals surface area contributed by atoms with Gasteiger partial charge in [-0.1, -0.05) is 0 Å². The molecule has 0 aliphatic carbocycles. The van der Waals surface area contributed by atoms with Crippen LogP contribution in [-0.4, -0.2) is 20.7 Å². The lowest BCUT2D eigenvalue weighted by molar-refractivity contribution is 0.102. The van der Waals surface area contributed by atoms with E-state index in [4.69, 9.17) is 5.73 Å². The van der Waals surface area contributed by atoms with Crippen LogP contribution in [0.15, 0.2) is 24.4 Å². The number of aryl methyl sites for hydroxylation is 2. The molecule has 0 radical (unpaired) electrons. The highest BCUT2D eigenvalue weighted by molar-refractivity contribution is 6.06. The molecule has 0 atom stereocenters. The van der Waals surface area contributed by atoms with Gasteiger partial charge in [-0.25, -0.2) is 4.98 Å². The van der Waals surface area contributed by atoms with Gasteiger partial charge in [0.15, 0.2) is 0 Å². The molecule has 0 fully saturated rings. The molecule has 2 rings (SSSR count). The molecule has 6 nitrogen and oxygen atoms in total. The second-order valence-corrected chi connectivity index (χ2v) is 3.68. The number of nitrogens with one attached hydrogen (secondary N) is 1. The first-order valence-electron chi connectivity index (χ1n) is 5.10. The van der Waals surface area contributed by atoms with E-state index < -0.39 is 0 Å². The average Bonchev–Trinajstić information content (AvgIpc) is 2.58. The maximum absolute atomic E-state index is 11.9. The van der Waals surface area contributed by atoms with Crippen molar-refractivity contribution in [1.82, 2.24) is 14.8 Å². The van der Waals surface area contributed by atoms with Crippen LogP contribution < -0.4 is 11.1 Å². The Hall–Kier alpha value is -2.37. The SMILES string of the molecule is Cc1cc(NC(=O)c2cccnc2N)n(C)n1. The smallest absolute Gasteiger partial charge is 0.260 e. The average molecular weight is 231 g/mol. The fourth-order valence-electron chi connectivity index (χ4n) is 1.52. The molecule has 0 unspecified atom stereocenters. The lowest BCUT2D eigenvalue weighted by atomic mass is 10.2. The van der Waals surface area contributed by atoms with Crippen molar-refractivity contribution in [2.45, 2.75) is 6.92 Å². The molecule has 0 saturated carbocycles. The van der Waals surface area contributed by atoms with Gasteiger partial charge in [0, 0.05) is 19.3 Å². The first kappa shape index (κ1) is 11.1. The Kier molecular flexibility index (Phi) is 2.78. The summed E-state index contributed by atoms with van der Waals surface area (Å²) in [6.07, 6.45) is 1.54. The van der Waals surface area contributed by atoms with Crippen molar-refractivity contribution in [2.75, 3.05) is 11.1 Å². The second kappa shape index (κ2) is 4.25. The fraction of sp³-hybridized carbons (Fsp3) is 0.182. The minimum Gasteiger partial charge on any atom is -0.383 e. The number of nitrogens with zero attached hydrogens (tertiary/aromatic N) is 3. The maximum atomic E-state index is 11.9. The van der Waals surface area contributed by atoms with E-state index in [1.807, 2.05) is 6.92 Å². The normalized spacial score (nSPS) is 10.2. The number of hydrogen-bond donors (Lipinski definition) is 2. The maximum Gasteiger partial charge on any atom is 0.260 e. The predicted molar refractivity (Wildman–Crippen MR) is 64.5 cm³/mol. The van der Waals surface area contributed by atoms with Crippen molar-refractivity contribution in [3.05, 3.63) is 35.7 Å². The van der Waals surface area contributed by atoms with Gasteiger partial charge in [-0.2, -0.15) is 5.10 Å². The predicted octanol–water partition coefficient (Wildman–Crippen LogP) is 0.958. The minimum atomic E-state index is -0.293. The van der Waals surface area contributed by atoms with Crippen LogP contribution >= 0.6 is 0 Å². The van der Waals surface area contributed by atoms with Crippen LogP contribution in [0.1, 0.15) is 16.1 Å². The molecule has 1 amide bonds. The van der Waals surface area contributed by atoms with Gasteiger partial charge in [-0.15, -0.1) is 0 Å². The number of hydrogen-bond acceptors (Lipinski definition) is 4. The van der Waals surface area contributed by atoms with Crippen LogP contribution in [0.3, 0.4) is 0 Å². The van der Waals surface area contributed by atoms with Gasteiger partial charge in [-0.3, -0.25) is 9.48 Å². The molecule has 0 bridgehead atoms. The molecule has 0 spiro atoms. The molecule has 17 heavy (non-hydrogen) atoms. The third-order valence-corrected chi connectivity index (χ3v) is 2.33. The van der Waals surface area contributed by atoms with E-state index in [1.54, 1.807) is 36.1 Å². The number of nitrogens with two attached hydrogens (primary N) is 1. The topological polar surface area (TPSA) is 85.8 Å². The Morgan fingerprint density at radius 1 is 1.53 bits per heavy atom. The van der Waals surface area contributed by atoms with Gasteiger partial charge in [0.25, 0.3) is 5.91 Å². The van der Waals surface area contributed by atoms with E-state index in [9.17, 15) is 4.79 Å². The molecular formula is C11H13N5O. The molecule has 88 valence electrons. The number of nitrogen functional groups attached to an aromatic ring is 1. The van der Waals surface area contributed by atoms with Gasteiger partial charge < -0.3 is 11.1 Å². The molecule has 2 aromatic heterocycles. The standard InChI is InChI=1S/C11H13N5O/c1-7-6-9(16(2)15-7)14-11(17)8-4-3-5-13-10(8)12/h3-6H,1-2H3,(H2,12,13)(H,14,17). The van der Waals surface area contributed by atoms with Crippen molar-refractivity contribution in [3.8, 4) is 0 Å². The van der Waals surface area contributed by atoms with E-state index in [1.165, 1.54) is 0 Å². The summed E-state index contributed by atoms with van der Waals surface area (Å²) in [5, 5.41) is 6.86. The summed E-state index contributed by atoms with van der Waals surface area (Å²) in [4.78, 5) is 15.8. The fourth-order valence-corrected chi connectivity index (χ4v) is 1.52. The quantitative estimate of drug-likeness (QED) is 0.806. The van der Waals surface area contributed by atoms with E-state index >= 15 is 0 Å². The zero-order chi connectivity index (χ0) is 12.4. The zero-order valence-corrected chi connectivity index (χ0v) is 9.64. The van der Waals surface area contributed by atoms with E-state index in [2.05, 4.69) is 15.4 Å². The van der Waals surface area contributed by atoms with Crippen LogP contribution in [0.2, 0.25) is 0 Å². The van der Waals surface area contributed by atoms with E-state index in [0.29, 0.717) is 11.4 Å². The molecule has 2 heterocycles. The summed E-state index contributed by atoms with van der Waals surface area (Å²) in [5.41, 5.74) is 6.81. The van der Waals surface area contributed by atoms with Crippen molar-refractivity contribution in [1.29, 1.82) is 0 Å². The van der Waals surface area contributed by atoms with Crippen LogP contribution in [0, 0.1) is 6.92 Å². The molecule has 2 aromatic rings. The largest absolute Gasteiger partial charge is 0.383 e. The number of amides is 1.